The molecule has 0 bridgehead atoms. The van der Waals surface area contributed by atoms with Crippen molar-refractivity contribution >= 4 is 17.2 Å². The van der Waals surface area contributed by atoms with Crippen LogP contribution in [0.15, 0.2) is 18.5 Å². The van der Waals surface area contributed by atoms with E-state index >= 15 is 0 Å². The lowest BCUT2D eigenvalue weighted by atomic mass is 10.3. The van der Waals surface area contributed by atoms with E-state index in [1.165, 1.54) is 0 Å². The van der Waals surface area contributed by atoms with Crippen molar-refractivity contribution < 1.29 is 18.0 Å². The van der Waals surface area contributed by atoms with Gasteiger partial charge in [-0.2, -0.15) is 13.2 Å². The SMILES string of the molecule is Cn1ccc(CNC(=O)c2nnc(C(F)(F)F)s2)c1. The molecule has 0 fully saturated rings. The van der Waals surface area contributed by atoms with Crippen molar-refractivity contribution in [3.05, 3.63) is 34.0 Å². The smallest absolute Gasteiger partial charge is 0.357 e. The van der Waals surface area contributed by atoms with E-state index in [0.29, 0.717) is 0 Å². The zero-order chi connectivity index (χ0) is 14.0. The highest BCUT2D eigenvalue weighted by molar-refractivity contribution is 7.13. The van der Waals surface area contributed by atoms with E-state index in [9.17, 15) is 18.0 Å². The van der Waals surface area contributed by atoms with Crippen molar-refractivity contribution in [2.75, 3.05) is 0 Å². The molecule has 2 heterocycles. The number of hydrogen-bond donors (Lipinski definition) is 1. The Hall–Kier alpha value is -1.90. The molecule has 0 saturated carbocycles. The Balaban J connectivity index is 1.98. The summed E-state index contributed by atoms with van der Waals surface area (Å²) in [7, 11) is 1.83. The number of carbonyl (C=O) groups excluding carboxylic acids is 1. The van der Waals surface area contributed by atoms with Gasteiger partial charge in [-0.15, -0.1) is 10.2 Å². The standard InChI is InChI=1S/C10H9F3N4OS/c1-17-3-2-6(5-17)4-14-7(18)8-15-16-9(19-8)10(11,12)13/h2-3,5H,4H2,1H3,(H,14,18). The number of aromatic nitrogens is 3. The first kappa shape index (κ1) is 13.5. The van der Waals surface area contributed by atoms with Crippen molar-refractivity contribution in [3.63, 3.8) is 0 Å². The number of halogens is 3. The first-order valence-electron chi connectivity index (χ1n) is 5.16. The fourth-order valence-corrected chi connectivity index (χ4v) is 1.98. The van der Waals surface area contributed by atoms with Gasteiger partial charge in [-0.05, 0) is 11.6 Å². The Morgan fingerprint density at radius 2 is 2.21 bits per heavy atom. The van der Waals surface area contributed by atoms with Gasteiger partial charge in [0.25, 0.3) is 5.91 Å². The van der Waals surface area contributed by atoms with E-state index < -0.39 is 17.1 Å². The summed E-state index contributed by atoms with van der Waals surface area (Å²) in [6, 6.07) is 1.79. The third-order valence-corrected chi connectivity index (χ3v) is 3.17. The number of hydrogen-bond acceptors (Lipinski definition) is 4. The third-order valence-electron chi connectivity index (χ3n) is 2.21. The zero-order valence-electron chi connectivity index (χ0n) is 9.73. The third kappa shape index (κ3) is 3.31. The minimum absolute atomic E-state index is 0.223. The van der Waals surface area contributed by atoms with Crippen LogP contribution in [0, 0.1) is 0 Å². The van der Waals surface area contributed by atoms with Gasteiger partial charge < -0.3 is 9.88 Å². The Morgan fingerprint density at radius 3 is 2.74 bits per heavy atom. The molecule has 0 unspecified atom stereocenters. The van der Waals surface area contributed by atoms with E-state index in [2.05, 4.69) is 15.5 Å². The fraction of sp³-hybridized carbons (Fsp3) is 0.300. The normalized spacial score (nSPS) is 11.6. The topological polar surface area (TPSA) is 59.8 Å². The molecule has 0 aliphatic heterocycles. The van der Waals surface area contributed by atoms with Crippen molar-refractivity contribution in [1.29, 1.82) is 0 Å². The first-order valence-corrected chi connectivity index (χ1v) is 5.97. The Bertz CT molecular complexity index is 590. The van der Waals surface area contributed by atoms with Gasteiger partial charge in [0.2, 0.25) is 10.0 Å². The summed E-state index contributed by atoms with van der Waals surface area (Å²) < 4.78 is 38.7. The van der Waals surface area contributed by atoms with Gasteiger partial charge in [0.1, 0.15) is 0 Å². The molecule has 0 radical (unpaired) electrons. The summed E-state index contributed by atoms with van der Waals surface area (Å²) in [5.41, 5.74) is 0.844. The van der Waals surface area contributed by atoms with E-state index in [1.54, 1.807) is 23.0 Å². The summed E-state index contributed by atoms with van der Waals surface area (Å²) in [5.74, 6) is -0.670. The molecule has 1 amide bonds. The minimum Gasteiger partial charge on any atom is -0.357 e. The minimum atomic E-state index is -4.57. The van der Waals surface area contributed by atoms with E-state index in [-0.39, 0.29) is 22.9 Å². The molecule has 0 aromatic carbocycles. The van der Waals surface area contributed by atoms with Gasteiger partial charge in [0.15, 0.2) is 0 Å². The van der Waals surface area contributed by atoms with E-state index in [0.717, 1.165) is 5.56 Å². The molecule has 0 aliphatic rings. The number of rotatable bonds is 3. The molecule has 2 aromatic heterocycles. The van der Waals surface area contributed by atoms with Gasteiger partial charge in [0.05, 0.1) is 0 Å². The van der Waals surface area contributed by atoms with Crippen LogP contribution in [-0.2, 0) is 19.8 Å². The average Bonchev–Trinajstić information content (AvgIpc) is 2.93. The predicted octanol–water partition coefficient (Wildman–Crippen LogP) is 1.83. The van der Waals surface area contributed by atoms with Crippen molar-refractivity contribution in [1.82, 2.24) is 20.1 Å². The molecule has 9 heteroatoms. The fourth-order valence-electron chi connectivity index (χ4n) is 1.35. The van der Waals surface area contributed by atoms with Crippen molar-refractivity contribution in [2.24, 2.45) is 7.05 Å². The Kier molecular flexibility index (Phi) is 3.56. The molecule has 19 heavy (non-hydrogen) atoms. The van der Waals surface area contributed by atoms with Crippen LogP contribution in [0.1, 0.15) is 20.4 Å². The number of nitrogens with one attached hydrogen (secondary N) is 1. The summed E-state index contributed by atoms with van der Waals surface area (Å²) in [6.45, 7) is 0.223. The second kappa shape index (κ2) is 5.00. The number of carbonyl (C=O) groups is 1. The zero-order valence-corrected chi connectivity index (χ0v) is 10.5. The van der Waals surface area contributed by atoms with Crippen LogP contribution in [0.2, 0.25) is 0 Å². The molecular weight excluding hydrogens is 281 g/mol. The largest absolute Gasteiger partial charge is 0.445 e. The summed E-state index contributed by atoms with van der Waals surface area (Å²) in [4.78, 5) is 11.6. The van der Waals surface area contributed by atoms with Gasteiger partial charge in [-0.1, -0.05) is 11.3 Å². The average molecular weight is 290 g/mol. The molecule has 0 aliphatic carbocycles. The molecule has 2 rings (SSSR count). The van der Waals surface area contributed by atoms with E-state index in [1.807, 2.05) is 7.05 Å². The van der Waals surface area contributed by atoms with Crippen LogP contribution in [0.3, 0.4) is 0 Å². The lowest BCUT2D eigenvalue weighted by molar-refractivity contribution is -0.138. The Morgan fingerprint density at radius 1 is 1.47 bits per heavy atom. The summed E-state index contributed by atoms with van der Waals surface area (Å²) in [6.07, 6.45) is -0.981. The van der Waals surface area contributed by atoms with Crippen LogP contribution in [0.25, 0.3) is 0 Å². The lowest BCUT2D eigenvalue weighted by Gasteiger charge is -2.00. The van der Waals surface area contributed by atoms with Gasteiger partial charge in [-0.3, -0.25) is 4.79 Å². The predicted molar refractivity (Wildman–Crippen MR) is 61.5 cm³/mol. The first-order chi connectivity index (χ1) is 8.86. The number of aryl methyl sites for hydroxylation is 1. The van der Waals surface area contributed by atoms with E-state index in [4.69, 9.17) is 0 Å². The molecule has 2 aromatic rings. The van der Waals surface area contributed by atoms with Crippen LogP contribution in [0.4, 0.5) is 13.2 Å². The highest BCUT2D eigenvalue weighted by atomic mass is 32.1. The van der Waals surface area contributed by atoms with Gasteiger partial charge in [-0.25, -0.2) is 0 Å². The quantitative estimate of drug-likeness (QED) is 0.938. The van der Waals surface area contributed by atoms with Gasteiger partial charge in [0, 0.05) is 26.0 Å². The van der Waals surface area contributed by atoms with Crippen LogP contribution in [0.5, 0.6) is 0 Å². The highest BCUT2D eigenvalue weighted by Gasteiger charge is 2.36. The number of nitrogens with zero attached hydrogens (tertiary/aromatic N) is 3. The maximum atomic E-state index is 12.3. The van der Waals surface area contributed by atoms with Crippen LogP contribution >= 0.6 is 11.3 Å². The molecule has 0 spiro atoms. The second-order valence-corrected chi connectivity index (χ2v) is 4.76. The highest BCUT2D eigenvalue weighted by Crippen LogP contribution is 2.31. The number of amides is 1. The molecule has 0 saturated heterocycles. The van der Waals surface area contributed by atoms with Gasteiger partial charge >= 0.3 is 6.18 Å². The monoisotopic (exact) mass is 290 g/mol. The van der Waals surface area contributed by atoms with Crippen molar-refractivity contribution in [3.8, 4) is 0 Å². The molecule has 102 valence electrons. The van der Waals surface area contributed by atoms with Crippen molar-refractivity contribution in [2.45, 2.75) is 12.7 Å². The summed E-state index contributed by atoms with van der Waals surface area (Å²) >= 11 is 0.224. The van der Waals surface area contributed by atoms with Crippen LogP contribution < -0.4 is 5.32 Å². The van der Waals surface area contributed by atoms with Crippen LogP contribution in [-0.4, -0.2) is 20.7 Å². The maximum absolute atomic E-state index is 12.3. The Labute approximate surface area is 110 Å². The summed E-state index contributed by atoms with van der Waals surface area (Å²) in [5, 5.41) is 7.23. The lowest BCUT2D eigenvalue weighted by Crippen LogP contribution is -2.22. The maximum Gasteiger partial charge on any atom is 0.445 e. The molecule has 0 atom stereocenters. The second-order valence-electron chi connectivity index (χ2n) is 3.78. The molecule has 1 N–H and O–H groups in total. The number of alkyl halides is 3. The molecular formula is C10H9F3N4OS. The molecule has 5 nitrogen and oxygen atoms in total.